The van der Waals surface area contributed by atoms with E-state index in [0.29, 0.717) is 12.6 Å². The number of aliphatic hydroxyl groups excluding tert-OH is 1. The molecule has 1 aromatic carbocycles. The van der Waals surface area contributed by atoms with Crippen LogP contribution in [0, 0.1) is 5.41 Å². The van der Waals surface area contributed by atoms with Crippen molar-refractivity contribution in [3.63, 3.8) is 0 Å². The Bertz CT molecular complexity index is 809. The summed E-state index contributed by atoms with van der Waals surface area (Å²) in [6, 6.07) is 10.7. The van der Waals surface area contributed by atoms with Crippen LogP contribution in [0.5, 0.6) is 0 Å². The lowest BCUT2D eigenvalue weighted by atomic mass is 9.77. The van der Waals surface area contributed by atoms with Crippen LogP contribution in [0.1, 0.15) is 39.2 Å². The van der Waals surface area contributed by atoms with Crippen molar-refractivity contribution in [2.45, 2.75) is 57.7 Å². The van der Waals surface area contributed by atoms with Crippen molar-refractivity contribution in [2.75, 3.05) is 13.2 Å². The third-order valence-corrected chi connectivity index (χ3v) is 6.25. The number of cyclic esters (lactones) is 1. The van der Waals surface area contributed by atoms with E-state index in [1.165, 1.54) is 16.8 Å². The zero-order valence-electron chi connectivity index (χ0n) is 16.9. The van der Waals surface area contributed by atoms with Crippen molar-refractivity contribution in [2.24, 2.45) is 5.41 Å². The molecular weight excluding hydrogens is 352 g/mol. The molecule has 1 aliphatic carbocycles. The number of carbonyl (C=O) groups is 1. The molecule has 150 valence electrons. The Morgan fingerprint density at radius 3 is 2.68 bits per heavy atom. The van der Waals surface area contributed by atoms with Gasteiger partial charge >= 0.3 is 6.09 Å². The Morgan fingerprint density at radius 1 is 1.29 bits per heavy atom. The highest BCUT2D eigenvalue weighted by Crippen LogP contribution is 2.43. The van der Waals surface area contributed by atoms with E-state index in [1.807, 2.05) is 23.1 Å². The average Bonchev–Trinajstić information content (AvgIpc) is 3.25. The van der Waals surface area contributed by atoms with E-state index in [-0.39, 0.29) is 18.1 Å². The summed E-state index contributed by atoms with van der Waals surface area (Å²) in [7, 11) is 0. The van der Waals surface area contributed by atoms with Gasteiger partial charge in [0, 0.05) is 11.7 Å². The standard InChI is InChI=1S/C23H30N2O3/c1-22(2,3)20-11-17-13-23(10-9-19(17)24-20,12-16-7-5-4-6-8-16)25-14-18(15-26)28-21(25)27/h4-10,18,20,24,26H,11-15H2,1-3H3/t18-,20?,23?/m1/s1. The number of nitrogens with one attached hydrogen (secondary N) is 1. The summed E-state index contributed by atoms with van der Waals surface area (Å²) in [5.74, 6) is 0. The summed E-state index contributed by atoms with van der Waals surface area (Å²) in [4.78, 5) is 14.5. The molecular formula is C23H30N2O3. The highest BCUT2D eigenvalue weighted by Gasteiger charge is 2.48. The van der Waals surface area contributed by atoms with Gasteiger partial charge in [0.2, 0.25) is 0 Å². The second kappa shape index (κ2) is 6.96. The highest BCUT2D eigenvalue weighted by molar-refractivity contribution is 5.72. The van der Waals surface area contributed by atoms with Crippen molar-refractivity contribution in [1.82, 2.24) is 10.2 Å². The smallest absolute Gasteiger partial charge is 0.411 e. The number of ether oxygens (including phenoxy) is 1. The van der Waals surface area contributed by atoms with E-state index in [1.54, 1.807) is 0 Å². The number of aliphatic hydroxyl groups is 1. The molecule has 2 aliphatic heterocycles. The second-order valence-corrected chi connectivity index (χ2v) is 9.36. The number of rotatable bonds is 4. The first-order valence-electron chi connectivity index (χ1n) is 10.1. The minimum absolute atomic E-state index is 0.144. The molecule has 1 saturated heterocycles. The number of hydrogen-bond acceptors (Lipinski definition) is 4. The third kappa shape index (κ3) is 3.44. The molecule has 5 nitrogen and oxygen atoms in total. The molecule has 1 aromatic rings. The molecule has 4 rings (SSSR count). The van der Waals surface area contributed by atoms with Crippen LogP contribution in [0.25, 0.3) is 0 Å². The van der Waals surface area contributed by atoms with Gasteiger partial charge in [0.1, 0.15) is 6.10 Å². The summed E-state index contributed by atoms with van der Waals surface area (Å²) in [6.45, 7) is 7.05. The van der Waals surface area contributed by atoms with Crippen LogP contribution in [0.4, 0.5) is 4.79 Å². The predicted molar refractivity (Wildman–Crippen MR) is 109 cm³/mol. The molecule has 0 aromatic heterocycles. The van der Waals surface area contributed by atoms with Crippen LogP contribution in [-0.4, -0.2) is 46.9 Å². The Balaban J connectivity index is 1.64. The van der Waals surface area contributed by atoms with Crippen LogP contribution in [0.2, 0.25) is 0 Å². The first-order valence-corrected chi connectivity index (χ1v) is 10.1. The number of benzene rings is 1. The first-order chi connectivity index (χ1) is 13.3. The molecule has 0 spiro atoms. The van der Waals surface area contributed by atoms with Crippen LogP contribution in [0.3, 0.4) is 0 Å². The normalized spacial score (nSPS) is 29.7. The maximum Gasteiger partial charge on any atom is 0.411 e. The van der Waals surface area contributed by atoms with Gasteiger partial charge in [0.05, 0.1) is 18.7 Å². The molecule has 2 heterocycles. The van der Waals surface area contributed by atoms with Gasteiger partial charge in [-0.15, -0.1) is 0 Å². The summed E-state index contributed by atoms with van der Waals surface area (Å²) in [5, 5.41) is 13.2. The predicted octanol–water partition coefficient (Wildman–Crippen LogP) is 3.40. The lowest BCUT2D eigenvalue weighted by Crippen LogP contribution is -2.51. The van der Waals surface area contributed by atoms with E-state index in [9.17, 15) is 9.90 Å². The fourth-order valence-electron chi connectivity index (χ4n) is 4.55. The Kier molecular flexibility index (Phi) is 4.74. The molecule has 28 heavy (non-hydrogen) atoms. The molecule has 1 amide bonds. The molecule has 2 N–H and O–H groups in total. The molecule has 1 fully saturated rings. The molecule has 3 aliphatic rings. The maximum atomic E-state index is 12.7. The van der Waals surface area contributed by atoms with Gasteiger partial charge in [-0.3, -0.25) is 4.90 Å². The Labute approximate surface area is 167 Å². The number of hydrogen-bond donors (Lipinski definition) is 2. The van der Waals surface area contributed by atoms with E-state index in [0.717, 1.165) is 19.3 Å². The quantitative estimate of drug-likeness (QED) is 0.838. The number of carbonyl (C=O) groups excluding carboxylic acids is 1. The topological polar surface area (TPSA) is 61.8 Å². The summed E-state index contributed by atoms with van der Waals surface area (Å²) in [6.07, 6.45) is 6.04. The van der Waals surface area contributed by atoms with Crippen molar-refractivity contribution in [3.05, 3.63) is 59.3 Å². The van der Waals surface area contributed by atoms with E-state index in [4.69, 9.17) is 4.74 Å². The highest BCUT2D eigenvalue weighted by atomic mass is 16.6. The molecule has 0 bridgehead atoms. The van der Waals surface area contributed by atoms with Crippen LogP contribution < -0.4 is 5.32 Å². The van der Waals surface area contributed by atoms with Crippen molar-refractivity contribution in [1.29, 1.82) is 0 Å². The van der Waals surface area contributed by atoms with Crippen molar-refractivity contribution in [3.8, 4) is 0 Å². The van der Waals surface area contributed by atoms with Gasteiger partial charge in [-0.05, 0) is 41.9 Å². The third-order valence-electron chi connectivity index (χ3n) is 6.25. The lowest BCUT2D eigenvalue weighted by molar-refractivity contribution is 0.0922. The van der Waals surface area contributed by atoms with Crippen LogP contribution >= 0.6 is 0 Å². The van der Waals surface area contributed by atoms with Crippen LogP contribution in [-0.2, 0) is 11.2 Å². The summed E-state index contributed by atoms with van der Waals surface area (Å²) in [5.41, 5.74) is 3.47. The van der Waals surface area contributed by atoms with Crippen LogP contribution in [0.15, 0.2) is 53.8 Å². The molecule has 2 unspecified atom stereocenters. The average molecular weight is 383 g/mol. The lowest BCUT2D eigenvalue weighted by Gasteiger charge is -2.40. The van der Waals surface area contributed by atoms with E-state index in [2.05, 4.69) is 50.4 Å². The minimum atomic E-state index is -0.463. The molecule has 3 atom stereocenters. The van der Waals surface area contributed by atoms with Gasteiger partial charge in [-0.2, -0.15) is 0 Å². The zero-order valence-corrected chi connectivity index (χ0v) is 16.9. The molecule has 5 heteroatoms. The fraction of sp³-hybridized carbons (Fsp3) is 0.522. The molecule has 0 radical (unpaired) electrons. The van der Waals surface area contributed by atoms with Gasteiger partial charge in [0.25, 0.3) is 0 Å². The number of nitrogens with zero attached hydrogens (tertiary/aromatic N) is 1. The first kappa shape index (κ1) is 19.1. The summed E-state index contributed by atoms with van der Waals surface area (Å²) >= 11 is 0. The SMILES string of the molecule is CC(C)(C)C1CC2=C(C=CC(Cc3ccccc3)(N3C[C@H](CO)OC3=O)C2)N1. The summed E-state index contributed by atoms with van der Waals surface area (Å²) < 4.78 is 5.40. The fourth-order valence-corrected chi connectivity index (χ4v) is 4.55. The molecule has 0 saturated carbocycles. The van der Waals surface area contributed by atoms with Gasteiger partial charge in [-0.25, -0.2) is 4.79 Å². The van der Waals surface area contributed by atoms with E-state index < -0.39 is 11.6 Å². The van der Waals surface area contributed by atoms with Crippen molar-refractivity contribution < 1.29 is 14.6 Å². The van der Waals surface area contributed by atoms with E-state index >= 15 is 0 Å². The van der Waals surface area contributed by atoms with Gasteiger partial charge in [-0.1, -0.05) is 57.2 Å². The van der Waals surface area contributed by atoms with Gasteiger partial charge < -0.3 is 15.2 Å². The maximum absolute atomic E-state index is 12.7. The number of allylic oxidation sites excluding steroid dienone is 1. The number of amides is 1. The Hall–Kier alpha value is -2.27. The minimum Gasteiger partial charge on any atom is -0.442 e. The monoisotopic (exact) mass is 382 g/mol. The largest absolute Gasteiger partial charge is 0.442 e. The zero-order chi connectivity index (χ0) is 19.9. The Morgan fingerprint density at radius 2 is 2.04 bits per heavy atom. The van der Waals surface area contributed by atoms with Crippen molar-refractivity contribution >= 4 is 6.09 Å². The second-order valence-electron chi connectivity index (χ2n) is 9.36. The van der Waals surface area contributed by atoms with Gasteiger partial charge in [0.15, 0.2) is 0 Å².